The molecule has 2 aromatic rings. The van der Waals surface area contributed by atoms with Crippen LogP contribution in [-0.2, 0) is 17.8 Å². The Kier molecular flexibility index (Phi) is 5.50. The molecule has 0 saturated carbocycles. The quantitative estimate of drug-likeness (QED) is 0.754. The van der Waals surface area contributed by atoms with Crippen LogP contribution in [0.5, 0.6) is 17.2 Å². The normalized spacial score (nSPS) is 12.9. The molecule has 0 fully saturated rings. The van der Waals surface area contributed by atoms with E-state index in [-0.39, 0.29) is 32.1 Å². The van der Waals surface area contributed by atoms with Gasteiger partial charge in [-0.05, 0) is 41.8 Å². The minimum Gasteiger partial charge on any atom is -0.508 e. The van der Waals surface area contributed by atoms with Crippen molar-refractivity contribution in [2.75, 3.05) is 13.3 Å². The van der Waals surface area contributed by atoms with Gasteiger partial charge in [0.1, 0.15) is 5.75 Å². The van der Waals surface area contributed by atoms with Gasteiger partial charge in [0, 0.05) is 17.6 Å². The summed E-state index contributed by atoms with van der Waals surface area (Å²) in [6.07, 6.45) is -4.76. The number of benzene rings is 2. The van der Waals surface area contributed by atoms with Gasteiger partial charge in [0.2, 0.25) is 6.79 Å². The number of ether oxygens (including phenoxy) is 2. The van der Waals surface area contributed by atoms with Gasteiger partial charge >= 0.3 is 12.1 Å². The van der Waals surface area contributed by atoms with E-state index in [9.17, 15) is 23.1 Å². The van der Waals surface area contributed by atoms with Gasteiger partial charge in [-0.2, -0.15) is 13.2 Å². The number of aromatic hydroxyl groups is 1. The van der Waals surface area contributed by atoms with E-state index in [4.69, 9.17) is 9.47 Å². The Hall–Kier alpha value is -2.42. The van der Waals surface area contributed by atoms with E-state index in [1.165, 1.54) is 12.1 Å². The molecule has 3 rings (SSSR count). The second-order valence-electron chi connectivity index (χ2n) is 5.94. The minimum atomic E-state index is -4.97. The zero-order valence-corrected chi connectivity index (χ0v) is 15.5. The first kappa shape index (κ1) is 19.3. The van der Waals surface area contributed by atoms with Gasteiger partial charge in [0.05, 0.1) is 0 Å². The molecule has 27 heavy (non-hydrogen) atoms. The van der Waals surface area contributed by atoms with E-state index >= 15 is 0 Å². The number of amides is 1. The Balaban J connectivity index is 1.80. The molecule has 0 spiro atoms. The highest BCUT2D eigenvalue weighted by Crippen LogP contribution is 2.37. The number of halogens is 4. The zero-order chi connectivity index (χ0) is 19.6. The molecule has 0 unspecified atom stereocenters. The number of rotatable bonds is 5. The SMILES string of the molecule is O=C(N(CCc1ccc(O)cc1)Cc1cc2c(cc1Br)OCO2)C(F)(F)F. The fraction of sp³-hybridized carbons (Fsp3) is 0.278. The summed E-state index contributed by atoms with van der Waals surface area (Å²) in [6.45, 7) is -0.338. The maximum Gasteiger partial charge on any atom is 0.471 e. The molecule has 2 aromatic carbocycles. The van der Waals surface area contributed by atoms with E-state index < -0.39 is 12.1 Å². The highest BCUT2D eigenvalue weighted by molar-refractivity contribution is 9.10. The zero-order valence-electron chi connectivity index (χ0n) is 13.9. The number of hydrogen-bond donors (Lipinski definition) is 1. The van der Waals surface area contributed by atoms with Gasteiger partial charge in [0.15, 0.2) is 11.5 Å². The molecule has 0 atom stereocenters. The summed E-state index contributed by atoms with van der Waals surface area (Å²) >= 11 is 3.30. The lowest BCUT2D eigenvalue weighted by Gasteiger charge is -2.24. The Morgan fingerprint density at radius 1 is 1.15 bits per heavy atom. The molecule has 1 heterocycles. The van der Waals surface area contributed by atoms with Crippen LogP contribution in [0.2, 0.25) is 0 Å². The molecule has 1 aliphatic rings. The van der Waals surface area contributed by atoms with E-state index in [0.29, 0.717) is 27.1 Å². The number of carbonyl (C=O) groups excluding carboxylic acids is 1. The van der Waals surface area contributed by atoms with Gasteiger partial charge in [0.25, 0.3) is 0 Å². The summed E-state index contributed by atoms with van der Waals surface area (Å²) in [5.41, 5.74) is 1.18. The predicted octanol–water partition coefficient (Wildman–Crippen LogP) is 4.02. The predicted molar refractivity (Wildman–Crippen MR) is 93.5 cm³/mol. The van der Waals surface area contributed by atoms with Crippen LogP contribution in [0.15, 0.2) is 40.9 Å². The molecular weight excluding hydrogens is 431 g/mol. The molecule has 1 amide bonds. The maximum absolute atomic E-state index is 13.0. The Labute approximate surface area is 161 Å². The van der Waals surface area contributed by atoms with Crippen molar-refractivity contribution in [2.45, 2.75) is 19.1 Å². The van der Waals surface area contributed by atoms with Crippen LogP contribution < -0.4 is 9.47 Å². The van der Waals surface area contributed by atoms with E-state index in [0.717, 1.165) is 4.90 Å². The molecule has 0 radical (unpaired) electrons. The highest BCUT2D eigenvalue weighted by atomic mass is 79.9. The third-order valence-corrected chi connectivity index (χ3v) is 4.78. The van der Waals surface area contributed by atoms with Crippen LogP contribution in [0.1, 0.15) is 11.1 Å². The average molecular weight is 446 g/mol. The lowest BCUT2D eigenvalue weighted by molar-refractivity contribution is -0.186. The lowest BCUT2D eigenvalue weighted by atomic mass is 10.1. The first-order valence-electron chi connectivity index (χ1n) is 7.96. The molecule has 0 aromatic heterocycles. The number of carbonyl (C=O) groups is 1. The van der Waals surface area contributed by atoms with E-state index in [2.05, 4.69) is 15.9 Å². The third kappa shape index (κ3) is 4.65. The summed E-state index contributed by atoms with van der Waals surface area (Å²) in [4.78, 5) is 12.6. The number of phenols is 1. The average Bonchev–Trinajstić information content (AvgIpc) is 3.05. The van der Waals surface area contributed by atoms with Gasteiger partial charge in [-0.15, -0.1) is 0 Å². The van der Waals surface area contributed by atoms with Crippen LogP contribution in [0.4, 0.5) is 13.2 Å². The summed E-state index contributed by atoms with van der Waals surface area (Å²) in [5, 5.41) is 9.29. The van der Waals surface area contributed by atoms with Crippen molar-refractivity contribution >= 4 is 21.8 Å². The van der Waals surface area contributed by atoms with Gasteiger partial charge in [-0.1, -0.05) is 28.1 Å². The van der Waals surface area contributed by atoms with Crippen LogP contribution >= 0.6 is 15.9 Å². The number of hydrogen-bond acceptors (Lipinski definition) is 4. The Morgan fingerprint density at radius 3 is 2.41 bits per heavy atom. The molecule has 9 heteroatoms. The van der Waals surface area contributed by atoms with E-state index in [1.54, 1.807) is 24.3 Å². The first-order chi connectivity index (χ1) is 12.7. The van der Waals surface area contributed by atoms with Gasteiger partial charge in [-0.3, -0.25) is 4.79 Å². The lowest BCUT2D eigenvalue weighted by Crippen LogP contribution is -2.41. The van der Waals surface area contributed by atoms with Crippen molar-refractivity contribution in [3.05, 3.63) is 52.0 Å². The molecular formula is C18H15BrF3NO4. The van der Waals surface area contributed by atoms with Gasteiger partial charge < -0.3 is 19.5 Å². The molecule has 0 bridgehead atoms. The Bertz CT molecular complexity index is 840. The van der Waals surface area contributed by atoms with Crippen molar-refractivity contribution in [3.63, 3.8) is 0 Å². The molecule has 0 saturated heterocycles. The second kappa shape index (κ2) is 7.67. The van der Waals surface area contributed by atoms with Crippen LogP contribution in [-0.4, -0.2) is 35.4 Å². The number of fused-ring (bicyclic) bond motifs is 1. The van der Waals surface area contributed by atoms with Crippen LogP contribution in [0.25, 0.3) is 0 Å². The van der Waals surface area contributed by atoms with Crippen molar-refractivity contribution < 1.29 is 32.5 Å². The summed E-state index contributed by atoms with van der Waals surface area (Å²) in [6, 6.07) is 9.25. The molecule has 1 N–H and O–H groups in total. The first-order valence-corrected chi connectivity index (χ1v) is 8.75. The minimum absolute atomic E-state index is 0.0390. The molecule has 144 valence electrons. The van der Waals surface area contributed by atoms with Crippen molar-refractivity contribution in [1.29, 1.82) is 0 Å². The fourth-order valence-electron chi connectivity index (χ4n) is 2.64. The summed E-state index contributed by atoms with van der Waals surface area (Å²) in [7, 11) is 0. The van der Waals surface area contributed by atoms with Crippen LogP contribution in [0.3, 0.4) is 0 Å². The van der Waals surface area contributed by atoms with Crippen LogP contribution in [0, 0.1) is 0 Å². The van der Waals surface area contributed by atoms with Crippen molar-refractivity contribution in [1.82, 2.24) is 4.90 Å². The maximum atomic E-state index is 13.0. The van der Waals surface area contributed by atoms with Crippen molar-refractivity contribution in [2.24, 2.45) is 0 Å². The largest absolute Gasteiger partial charge is 0.508 e. The van der Waals surface area contributed by atoms with Crippen molar-refractivity contribution in [3.8, 4) is 17.2 Å². The fourth-order valence-corrected chi connectivity index (χ4v) is 3.09. The topological polar surface area (TPSA) is 59.0 Å². The van der Waals surface area contributed by atoms with Gasteiger partial charge in [-0.25, -0.2) is 0 Å². The monoisotopic (exact) mass is 445 g/mol. The highest BCUT2D eigenvalue weighted by Gasteiger charge is 2.42. The molecule has 0 aliphatic carbocycles. The number of nitrogens with zero attached hydrogens (tertiary/aromatic N) is 1. The second-order valence-corrected chi connectivity index (χ2v) is 6.79. The molecule has 5 nitrogen and oxygen atoms in total. The standard InChI is InChI=1S/C18H15BrF3NO4/c19-14-8-16-15(26-10-27-16)7-12(14)9-23(17(25)18(20,21)22)6-5-11-1-3-13(24)4-2-11/h1-4,7-8,24H,5-6,9-10H2. The number of phenolic OH excluding ortho intramolecular Hbond substituents is 1. The third-order valence-electron chi connectivity index (χ3n) is 4.04. The number of alkyl halides is 3. The summed E-state index contributed by atoms with van der Waals surface area (Å²) < 4.78 is 50.1. The van der Waals surface area contributed by atoms with E-state index in [1.807, 2.05) is 0 Å². The summed E-state index contributed by atoms with van der Waals surface area (Å²) in [5.74, 6) is -0.938. The Morgan fingerprint density at radius 2 is 1.78 bits per heavy atom. The molecule has 1 aliphatic heterocycles. The smallest absolute Gasteiger partial charge is 0.471 e.